The minimum atomic E-state index is 0.229. The zero-order chi connectivity index (χ0) is 11.5. The fourth-order valence-electron chi connectivity index (χ4n) is 1.93. The molecule has 0 bridgehead atoms. The van der Waals surface area contributed by atoms with Crippen LogP contribution in [-0.4, -0.2) is 5.78 Å². The fraction of sp³-hybridized carbons (Fsp3) is 0.308. The number of hydrogen-bond acceptors (Lipinski definition) is 2. The van der Waals surface area contributed by atoms with Gasteiger partial charge in [0.15, 0.2) is 5.78 Å². The SMILES string of the molecule is C[C@@H]1CC(=O)C=C(Nc2ccccc2I)C1. The summed E-state index contributed by atoms with van der Waals surface area (Å²) in [7, 11) is 0. The summed E-state index contributed by atoms with van der Waals surface area (Å²) < 4.78 is 1.17. The van der Waals surface area contributed by atoms with Crippen molar-refractivity contribution in [1.29, 1.82) is 0 Å². The van der Waals surface area contributed by atoms with Crippen molar-refractivity contribution in [2.24, 2.45) is 5.92 Å². The molecule has 0 aliphatic heterocycles. The first-order valence-electron chi connectivity index (χ1n) is 5.40. The van der Waals surface area contributed by atoms with Crippen LogP contribution in [0.1, 0.15) is 19.8 Å². The Morgan fingerprint density at radius 1 is 1.31 bits per heavy atom. The monoisotopic (exact) mass is 327 g/mol. The van der Waals surface area contributed by atoms with Gasteiger partial charge in [0.25, 0.3) is 0 Å². The number of carbonyl (C=O) groups is 1. The Hall–Kier alpha value is -0.840. The van der Waals surface area contributed by atoms with E-state index in [2.05, 4.69) is 40.9 Å². The van der Waals surface area contributed by atoms with Crippen molar-refractivity contribution < 1.29 is 4.79 Å². The van der Waals surface area contributed by atoms with E-state index in [0.717, 1.165) is 17.8 Å². The Morgan fingerprint density at radius 3 is 2.75 bits per heavy atom. The Labute approximate surface area is 109 Å². The van der Waals surface area contributed by atoms with Gasteiger partial charge in [-0.05, 0) is 47.1 Å². The number of hydrogen-bond donors (Lipinski definition) is 1. The molecule has 0 fully saturated rings. The number of nitrogens with one attached hydrogen (secondary N) is 1. The molecule has 1 aliphatic rings. The molecule has 2 nitrogen and oxygen atoms in total. The van der Waals surface area contributed by atoms with Crippen LogP contribution in [-0.2, 0) is 4.79 Å². The molecular weight excluding hydrogens is 313 g/mol. The first-order chi connectivity index (χ1) is 7.65. The van der Waals surface area contributed by atoms with E-state index in [-0.39, 0.29) is 5.78 Å². The molecular formula is C13H14INO. The average Bonchev–Trinajstić information content (AvgIpc) is 2.20. The fourth-order valence-corrected chi connectivity index (χ4v) is 2.45. The predicted octanol–water partition coefficient (Wildman–Crippen LogP) is 3.59. The van der Waals surface area contributed by atoms with Gasteiger partial charge in [0.1, 0.15) is 0 Å². The Balaban J connectivity index is 2.16. The number of allylic oxidation sites excluding steroid dienone is 2. The highest BCUT2D eigenvalue weighted by atomic mass is 127. The van der Waals surface area contributed by atoms with Gasteiger partial charge in [-0.1, -0.05) is 19.1 Å². The molecule has 1 aromatic rings. The van der Waals surface area contributed by atoms with Gasteiger partial charge >= 0.3 is 0 Å². The maximum atomic E-state index is 11.4. The predicted molar refractivity (Wildman–Crippen MR) is 74.3 cm³/mol. The minimum Gasteiger partial charge on any atom is -0.358 e. The standard InChI is InChI=1S/C13H14INO/c1-9-6-10(8-11(16)7-9)15-13-5-3-2-4-12(13)14/h2-5,8-9,15H,6-7H2,1H3/t9-/m0/s1. The van der Waals surface area contributed by atoms with Crippen LogP contribution >= 0.6 is 22.6 Å². The molecule has 0 saturated heterocycles. The highest BCUT2D eigenvalue weighted by Gasteiger charge is 2.17. The maximum Gasteiger partial charge on any atom is 0.157 e. The number of rotatable bonds is 2. The number of ketones is 1. The molecule has 0 aromatic heterocycles. The van der Waals surface area contributed by atoms with Crippen LogP contribution in [0, 0.1) is 9.49 Å². The van der Waals surface area contributed by atoms with E-state index in [9.17, 15) is 4.79 Å². The molecule has 0 radical (unpaired) electrons. The Kier molecular flexibility index (Phi) is 3.63. The van der Waals surface area contributed by atoms with Crippen LogP contribution in [0.25, 0.3) is 0 Å². The largest absolute Gasteiger partial charge is 0.358 e. The molecule has 1 N–H and O–H groups in total. The van der Waals surface area contributed by atoms with Crippen molar-refractivity contribution in [2.45, 2.75) is 19.8 Å². The van der Waals surface area contributed by atoms with E-state index in [0.29, 0.717) is 12.3 Å². The first-order valence-corrected chi connectivity index (χ1v) is 6.48. The molecule has 2 rings (SSSR count). The van der Waals surface area contributed by atoms with E-state index in [4.69, 9.17) is 0 Å². The van der Waals surface area contributed by atoms with Crippen LogP contribution in [0.15, 0.2) is 36.0 Å². The highest BCUT2D eigenvalue weighted by molar-refractivity contribution is 14.1. The zero-order valence-electron chi connectivity index (χ0n) is 9.16. The van der Waals surface area contributed by atoms with Crippen LogP contribution in [0.2, 0.25) is 0 Å². The topological polar surface area (TPSA) is 29.1 Å². The molecule has 1 aromatic carbocycles. The molecule has 1 aliphatic carbocycles. The van der Waals surface area contributed by atoms with Crippen molar-refractivity contribution in [3.63, 3.8) is 0 Å². The van der Waals surface area contributed by atoms with Crippen LogP contribution in [0.4, 0.5) is 5.69 Å². The van der Waals surface area contributed by atoms with Gasteiger partial charge in [0, 0.05) is 21.8 Å². The lowest BCUT2D eigenvalue weighted by Crippen LogP contribution is -2.15. The molecule has 16 heavy (non-hydrogen) atoms. The Morgan fingerprint density at radius 2 is 2.06 bits per heavy atom. The van der Waals surface area contributed by atoms with Crippen molar-refractivity contribution in [3.05, 3.63) is 39.6 Å². The third-order valence-corrected chi connectivity index (χ3v) is 3.56. The molecule has 3 heteroatoms. The number of carbonyl (C=O) groups excluding carboxylic acids is 1. The summed E-state index contributed by atoms with van der Waals surface area (Å²) in [6, 6.07) is 8.10. The van der Waals surface area contributed by atoms with Crippen molar-refractivity contribution >= 4 is 34.1 Å². The zero-order valence-corrected chi connectivity index (χ0v) is 11.3. The highest BCUT2D eigenvalue weighted by Crippen LogP contribution is 2.25. The summed E-state index contributed by atoms with van der Waals surface area (Å²) in [5, 5.41) is 3.34. The number of halogens is 1. The van der Waals surface area contributed by atoms with Gasteiger partial charge in [0.05, 0.1) is 5.69 Å². The molecule has 84 valence electrons. The van der Waals surface area contributed by atoms with Gasteiger partial charge in [-0.3, -0.25) is 4.79 Å². The second kappa shape index (κ2) is 4.99. The molecule has 0 spiro atoms. The van der Waals surface area contributed by atoms with Gasteiger partial charge in [-0.15, -0.1) is 0 Å². The normalized spacial score (nSPS) is 20.5. The Bertz CT molecular complexity index is 439. The van der Waals surface area contributed by atoms with Crippen molar-refractivity contribution in [1.82, 2.24) is 0 Å². The molecule has 0 saturated carbocycles. The average molecular weight is 327 g/mol. The van der Waals surface area contributed by atoms with E-state index in [1.165, 1.54) is 3.57 Å². The second-order valence-electron chi connectivity index (χ2n) is 4.25. The van der Waals surface area contributed by atoms with E-state index < -0.39 is 0 Å². The van der Waals surface area contributed by atoms with Crippen molar-refractivity contribution in [2.75, 3.05) is 5.32 Å². The summed E-state index contributed by atoms with van der Waals surface area (Å²) in [6.45, 7) is 2.11. The lowest BCUT2D eigenvalue weighted by Gasteiger charge is -2.20. The smallest absolute Gasteiger partial charge is 0.157 e. The van der Waals surface area contributed by atoms with Gasteiger partial charge in [-0.2, -0.15) is 0 Å². The molecule has 0 unspecified atom stereocenters. The summed E-state index contributed by atoms with van der Waals surface area (Å²) in [5.41, 5.74) is 2.11. The minimum absolute atomic E-state index is 0.229. The lowest BCUT2D eigenvalue weighted by atomic mass is 9.93. The number of para-hydroxylation sites is 1. The maximum absolute atomic E-state index is 11.4. The first kappa shape index (κ1) is 11.6. The van der Waals surface area contributed by atoms with Crippen molar-refractivity contribution in [3.8, 4) is 0 Å². The van der Waals surface area contributed by atoms with E-state index >= 15 is 0 Å². The van der Waals surface area contributed by atoms with E-state index in [1.807, 2.05) is 18.2 Å². The number of benzene rings is 1. The third-order valence-electron chi connectivity index (χ3n) is 2.62. The second-order valence-corrected chi connectivity index (χ2v) is 5.42. The van der Waals surface area contributed by atoms with E-state index in [1.54, 1.807) is 6.08 Å². The van der Waals surface area contributed by atoms with Gasteiger partial charge in [0.2, 0.25) is 0 Å². The van der Waals surface area contributed by atoms with Gasteiger partial charge < -0.3 is 5.32 Å². The van der Waals surface area contributed by atoms with Crippen LogP contribution in [0.5, 0.6) is 0 Å². The molecule has 1 atom stereocenters. The molecule has 0 heterocycles. The van der Waals surface area contributed by atoms with Crippen LogP contribution < -0.4 is 5.32 Å². The third kappa shape index (κ3) is 2.84. The number of anilines is 1. The lowest BCUT2D eigenvalue weighted by molar-refractivity contribution is -0.115. The quantitative estimate of drug-likeness (QED) is 0.841. The summed E-state index contributed by atoms with van der Waals surface area (Å²) in [6.07, 6.45) is 3.37. The summed E-state index contributed by atoms with van der Waals surface area (Å²) in [4.78, 5) is 11.4. The molecule has 0 amide bonds. The summed E-state index contributed by atoms with van der Waals surface area (Å²) in [5.74, 6) is 0.675. The van der Waals surface area contributed by atoms with Crippen LogP contribution in [0.3, 0.4) is 0 Å². The summed E-state index contributed by atoms with van der Waals surface area (Å²) >= 11 is 2.29. The van der Waals surface area contributed by atoms with Gasteiger partial charge in [-0.25, -0.2) is 0 Å².